The molecule has 3 aliphatic heterocycles. The molecule has 4 rings (SSSR count). The highest BCUT2D eigenvalue weighted by molar-refractivity contribution is 5.80. The predicted octanol–water partition coefficient (Wildman–Crippen LogP) is 3.05. The van der Waals surface area contributed by atoms with Crippen LogP contribution >= 0.6 is 0 Å². The van der Waals surface area contributed by atoms with Crippen molar-refractivity contribution in [3.8, 4) is 5.75 Å². The van der Waals surface area contributed by atoms with Crippen molar-refractivity contribution >= 4 is 5.96 Å². The number of ether oxygens (including phenoxy) is 2. The Morgan fingerprint density at radius 3 is 2.37 bits per heavy atom. The number of likely N-dealkylation sites (tertiary alicyclic amines) is 1. The SMILES string of the molecule is CCNC(=NCC(C)(C)c1ccc(OC)cc1)N1CC2C3CCC(O3)C2C1. The lowest BCUT2D eigenvalue weighted by molar-refractivity contribution is 0.0767. The second-order valence-electron chi connectivity index (χ2n) is 8.81. The fraction of sp³-hybridized carbons (Fsp3) is 0.682. The van der Waals surface area contributed by atoms with E-state index in [-0.39, 0.29) is 5.41 Å². The van der Waals surface area contributed by atoms with Crippen LogP contribution in [0.4, 0.5) is 0 Å². The molecule has 3 heterocycles. The lowest BCUT2D eigenvalue weighted by Crippen LogP contribution is -2.42. The van der Waals surface area contributed by atoms with Crippen molar-refractivity contribution in [2.75, 3.05) is 33.3 Å². The van der Waals surface area contributed by atoms with Gasteiger partial charge in [-0.25, -0.2) is 0 Å². The van der Waals surface area contributed by atoms with Gasteiger partial charge in [-0.05, 0) is 37.5 Å². The van der Waals surface area contributed by atoms with Crippen molar-refractivity contribution in [3.05, 3.63) is 29.8 Å². The first kappa shape index (κ1) is 18.6. The van der Waals surface area contributed by atoms with Crippen LogP contribution in [0, 0.1) is 11.8 Å². The molecule has 0 radical (unpaired) electrons. The summed E-state index contributed by atoms with van der Waals surface area (Å²) in [6.45, 7) is 10.5. The topological polar surface area (TPSA) is 46.1 Å². The molecule has 0 aliphatic carbocycles. The Labute approximate surface area is 163 Å². The quantitative estimate of drug-likeness (QED) is 0.638. The van der Waals surface area contributed by atoms with Crippen LogP contribution in [0.25, 0.3) is 0 Å². The second-order valence-corrected chi connectivity index (χ2v) is 8.81. The zero-order valence-corrected chi connectivity index (χ0v) is 17.1. The molecule has 27 heavy (non-hydrogen) atoms. The molecule has 2 bridgehead atoms. The Morgan fingerprint density at radius 1 is 1.19 bits per heavy atom. The fourth-order valence-corrected chi connectivity index (χ4v) is 4.96. The van der Waals surface area contributed by atoms with Gasteiger partial charge < -0.3 is 19.7 Å². The summed E-state index contributed by atoms with van der Waals surface area (Å²) in [5.41, 5.74) is 1.26. The lowest BCUT2D eigenvalue weighted by atomic mass is 9.82. The third-order valence-corrected chi connectivity index (χ3v) is 6.58. The first-order valence-electron chi connectivity index (χ1n) is 10.3. The van der Waals surface area contributed by atoms with Gasteiger partial charge in [-0.3, -0.25) is 4.99 Å². The Balaban J connectivity index is 1.46. The van der Waals surface area contributed by atoms with Crippen molar-refractivity contribution in [1.82, 2.24) is 10.2 Å². The third-order valence-electron chi connectivity index (χ3n) is 6.58. The molecule has 1 N–H and O–H groups in total. The molecule has 5 heteroatoms. The molecule has 1 aromatic carbocycles. The predicted molar refractivity (Wildman–Crippen MR) is 108 cm³/mol. The van der Waals surface area contributed by atoms with E-state index < -0.39 is 0 Å². The summed E-state index contributed by atoms with van der Waals surface area (Å²) in [5.74, 6) is 3.35. The summed E-state index contributed by atoms with van der Waals surface area (Å²) in [5, 5.41) is 3.52. The summed E-state index contributed by atoms with van der Waals surface area (Å²) in [4.78, 5) is 7.51. The smallest absolute Gasteiger partial charge is 0.193 e. The summed E-state index contributed by atoms with van der Waals surface area (Å²) < 4.78 is 11.4. The van der Waals surface area contributed by atoms with Gasteiger partial charge in [0.15, 0.2) is 5.96 Å². The van der Waals surface area contributed by atoms with E-state index in [0.717, 1.165) is 37.9 Å². The number of nitrogens with one attached hydrogen (secondary N) is 1. The first-order chi connectivity index (χ1) is 13.0. The van der Waals surface area contributed by atoms with E-state index in [1.54, 1.807) is 7.11 Å². The molecule has 3 aliphatic rings. The Morgan fingerprint density at radius 2 is 1.81 bits per heavy atom. The normalized spacial score (nSPS) is 29.9. The maximum absolute atomic E-state index is 6.12. The second kappa shape index (κ2) is 7.34. The Kier molecular flexibility index (Phi) is 5.06. The molecule has 4 atom stereocenters. The molecule has 3 fully saturated rings. The highest BCUT2D eigenvalue weighted by atomic mass is 16.5. The van der Waals surface area contributed by atoms with Crippen LogP contribution in [0.15, 0.2) is 29.3 Å². The van der Waals surface area contributed by atoms with Gasteiger partial charge in [0.05, 0.1) is 25.9 Å². The molecule has 0 amide bonds. The van der Waals surface area contributed by atoms with E-state index in [1.807, 2.05) is 12.1 Å². The summed E-state index contributed by atoms with van der Waals surface area (Å²) in [6, 6.07) is 8.36. The number of methoxy groups -OCH3 is 1. The van der Waals surface area contributed by atoms with Gasteiger partial charge in [0.2, 0.25) is 0 Å². The molecule has 5 nitrogen and oxygen atoms in total. The van der Waals surface area contributed by atoms with Gasteiger partial charge in [0.1, 0.15) is 5.75 Å². The van der Waals surface area contributed by atoms with E-state index >= 15 is 0 Å². The van der Waals surface area contributed by atoms with Crippen LogP contribution < -0.4 is 10.1 Å². The molecular weight excluding hydrogens is 338 g/mol. The minimum atomic E-state index is -0.0231. The largest absolute Gasteiger partial charge is 0.497 e. The number of fused-ring (bicyclic) bond motifs is 5. The van der Waals surface area contributed by atoms with E-state index in [9.17, 15) is 0 Å². The monoisotopic (exact) mass is 371 g/mol. The number of nitrogens with zero attached hydrogens (tertiary/aromatic N) is 2. The number of hydrogen-bond acceptors (Lipinski definition) is 3. The van der Waals surface area contributed by atoms with Crippen molar-refractivity contribution in [2.45, 2.75) is 51.2 Å². The van der Waals surface area contributed by atoms with Crippen molar-refractivity contribution in [2.24, 2.45) is 16.8 Å². The lowest BCUT2D eigenvalue weighted by Gasteiger charge is -2.27. The minimum absolute atomic E-state index is 0.0231. The highest BCUT2D eigenvalue weighted by Crippen LogP contribution is 2.47. The van der Waals surface area contributed by atoms with Crippen LogP contribution in [0.2, 0.25) is 0 Å². The van der Waals surface area contributed by atoms with Crippen molar-refractivity contribution < 1.29 is 9.47 Å². The van der Waals surface area contributed by atoms with Crippen LogP contribution in [0.1, 0.15) is 39.2 Å². The molecule has 0 spiro atoms. The zero-order valence-electron chi connectivity index (χ0n) is 17.1. The van der Waals surface area contributed by atoms with E-state index in [1.165, 1.54) is 18.4 Å². The van der Waals surface area contributed by atoms with E-state index in [2.05, 4.69) is 43.1 Å². The first-order valence-corrected chi connectivity index (χ1v) is 10.3. The summed E-state index contributed by atoms with van der Waals surface area (Å²) in [6.07, 6.45) is 3.47. The van der Waals surface area contributed by atoms with Gasteiger partial charge in [0, 0.05) is 36.9 Å². The minimum Gasteiger partial charge on any atom is -0.497 e. The molecular formula is C22H33N3O2. The maximum atomic E-state index is 6.12. The van der Waals surface area contributed by atoms with Gasteiger partial charge in [-0.1, -0.05) is 26.0 Å². The average Bonchev–Trinajstić information content (AvgIpc) is 3.38. The van der Waals surface area contributed by atoms with Crippen molar-refractivity contribution in [3.63, 3.8) is 0 Å². The molecule has 0 saturated carbocycles. The van der Waals surface area contributed by atoms with E-state index in [4.69, 9.17) is 14.5 Å². The number of rotatable bonds is 5. The van der Waals surface area contributed by atoms with Gasteiger partial charge >= 0.3 is 0 Å². The number of guanidine groups is 1. The summed E-state index contributed by atoms with van der Waals surface area (Å²) in [7, 11) is 1.70. The van der Waals surface area contributed by atoms with Crippen LogP contribution in [-0.2, 0) is 10.2 Å². The van der Waals surface area contributed by atoms with Gasteiger partial charge in [-0.15, -0.1) is 0 Å². The number of benzene rings is 1. The zero-order chi connectivity index (χ0) is 19.0. The maximum Gasteiger partial charge on any atom is 0.193 e. The molecule has 0 aromatic heterocycles. The Hall–Kier alpha value is -1.75. The summed E-state index contributed by atoms with van der Waals surface area (Å²) >= 11 is 0. The van der Waals surface area contributed by atoms with Crippen molar-refractivity contribution in [1.29, 1.82) is 0 Å². The standard InChI is InChI=1S/C22H33N3O2/c1-5-23-21(25-12-17-18(13-25)20-11-10-19(17)27-20)24-14-22(2,3)15-6-8-16(26-4)9-7-15/h6-9,17-20H,5,10-14H2,1-4H3,(H,23,24). The Bertz CT molecular complexity index is 667. The van der Waals surface area contributed by atoms with Crippen LogP contribution in [0.5, 0.6) is 5.75 Å². The molecule has 4 unspecified atom stereocenters. The van der Waals surface area contributed by atoms with Crippen LogP contribution in [0.3, 0.4) is 0 Å². The van der Waals surface area contributed by atoms with Crippen LogP contribution in [-0.4, -0.2) is 56.4 Å². The molecule has 148 valence electrons. The number of aliphatic imine (C=N–C) groups is 1. The van der Waals surface area contributed by atoms with Gasteiger partial charge in [0.25, 0.3) is 0 Å². The van der Waals surface area contributed by atoms with Gasteiger partial charge in [-0.2, -0.15) is 0 Å². The molecule has 3 saturated heterocycles. The molecule has 1 aromatic rings. The number of hydrogen-bond donors (Lipinski definition) is 1. The average molecular weight is 372 g/mol. The highest BCUT2D eigenvalue weighted by Gasteiger charge is 2.53. The third kappa shape index (κ3) is 3.54. The van der Waals surface area contributed by atoms with E-state index in [0.29, 0.717) is 24.0 Å². The fourth-order valence-electron chi connectivity index (χ4n) is 4.96.